The molecule has 6 nitrogen and oxygen atoms in total. The molecule has 1 aliphatic heterocycles. The zero-order valence-corrected chi connectivity index (χ0v) is 17.9. The second-order valence-electron chi connectivity index (χ2n) is 7.97. The van der Waals surface area contributed by atoms with Gasteiger partial charge in [-0.3, -0.25) is 4.79 Å². The third-order valence-electron chi connectivity index (χ3n) is 6.14. The molecule has 0 bridgehead atoms. The van der Waals surface area contributed by atoms with Crippen molar-refractivity contribution in [1.29, 1.82) is 0 Å². The molecule has 0 saturated heterocycles. The first kappa shape index (κ1) is 19.7. The van der Waals surface area contributed by atoms with E-state index in [2.05, 4.69) is 10.5 Å². The van der Waals surface area contributed by atoms with Crippen LogP contribution in [0.4, 0.5) is 5.88 Å². The Labute approximate surface area is 184 Å². The summed E-state index contributed by atoms with van der Waals surface area (Å²) in [6.07, 6.45) is 1.01. The van der Waals surface area contributed by atoms with Crippen molar-refractivity contribution in [1.82, 2.24) is 5.16 Å². The number of carbonyl (C=O) groups excluding carboxylic acids is 1. The number of Topliss-reactive ketones (excluding diaryl/α,β-unsaturated/α-hetero) is 1. The highest BCUT2D eigenvalue weighted by molar-refractivity contribution is 6.30. The molecule has 158 valence electrons. The summed E-state index contributed by atoms with van der Waals surface area (Å²) in [5.41, 5.74) is 5.16. The van der Waals surface area contributed by atoms with E-state index in [1.807, 2.05) is 37.3 Å². The molecule has 2 atom stereocenters. The number of allylic oxidation sites excluding steroid dienone is 2. The first-order valence-electron chi connectivity index (χ1n) is 10.1. The zero-order valence-electron chi connectivity index (χ0n) is 17.1. The molecule has 1 aliphatic carbocycles. The summed E-state index contributed by atoms with van der Waals surface area (Å²) in [5.74, 6) is 0.842. The Balaban J connectivity index is 1.59. The lowest BCUT2D eigenvalue weighted by Gasteiger charge is -2.34. The van der Waals surface area contributed by atoms with Crippen molar-refractivity contribution in [2.75, 3.05) is 12.4 Å². The summed E-state index contributed by atoms with van der Waals surface area (Å²) >= 11 is 6.10. The van der Waals surface area contributed by atoms with Gasteiger partial charge in [0.25, 0.3) is 0 Å². The summed E-state index contributed by atoms with van der Waals surface area (Å²) in [6.45, 7) is 1.89. The number of hydrogen-bond donors (Lipinski definition) is 2. The number of aryl methyl sites for hydroxylation is 1. The zero-order chi connectivity index (χ0) is 21.7. The van der Waals surface area contributed by atoms with Crippen LogP contribution in [0.2, 0.25) is 5.02 Å². The number of methoxy groups -OCH3 is 1. The van der Waals surface area contributed by atoms with Crippen LogP contribution in [-0.4, -0.2) is 23.2 Å². The predicted molar refractivity (Wildman–Crippen MR) is 117 cm³/mol. The SMILES string of the molecule is COc1cc(C2CC(=O)C3=C(C2)Nc2onc(C)c2C3c2ccc(Cl)cc2)ccc1O. The van der Waals surface area contributed by atoms with Crippen molar-refractivity contribution in [3.63, 3.8) is 0 Å². The lowest BCUT2D eigenvalue weighted by Crippen LogP contribution is -2.29. The van der Waals surface area contributed by atoms with Crippen LogP contribution in [0.25, 0.3) is 0 Å². The number of fused-ring (bicyclic) bond motifs is 1. The molecule has 31 heavy (non-hydrogen) atoms. The van der Waals surface area contributed by atoms with E-state index in [-0.39, 0.29) is 23.4 Å². The molecular weight excluding hydrogens is 416 g/mol. The highest BCUT2D eigenvalue weighted by Crippen LogP contribution is 2.49. The highest BCUT2D eigenvalue weighted by Gasteiger charge is 2.41. The first-order valence-corrected chi connectivity index (χ1v) is 10.5. The van der Waals surface area contributed by atoms with Gasteiger partial charge in [-0.1, -0.05) is 35.0 Å². The third-order valence-corrected chi connectivity index (χ3v) is 6.39. The normalized spacial score (nSPS) is 20.2. The fraction of sp³-hybridized carbons (Fsp3) is 0.250. The molecule has 0 spiro atoms. The van der Waals surface area contributed by atoms with Gasteiger partial charge in [0.15, 0.2) is 17.3 Å². The maximum Gasteiger partial charge on any atom is 0.233 e. The number of halogens is 1. The van der Waals surface area contributed by atoms with Crippen molar-refractivity contribution >= 4 is 23.3 Å². The van der Waals surface area contributed by atoms with Gasteiger partial charge in [0, 0.05) is 28.6 Å². The number of phenols is 1. The van der Waals surface area contributed by atoms with Crippen LogP contribution in [-0.2, 0) is 4.79 Å². The number of benzene rings is 2. The molecule has 7 heteroatoms. The monoisotopic (exact) mass is 436 g/mol. The molecule has 0 amide bonds. The Morgan fingerprint density at radius 1 is 1.16 bits per heavy atom. The van der Waals surface area contributed by atoms with E-state index in [1.165, 1.54) is 7.11 Å². The number of rotatable bonds is 3. The number of anilines is 1. The number of aromatic hydroxyl groups is 1. The van der Waals surface area contributed by atoms with Crippen molar-refractivity contribution < 1.29 is 19.2 Å². The molecule has 0 radical (unpaired) electrons. The topological polar surface area (TPSA) is 84.6 Å². The summed E-state index contributed by atoms with van der Waals surface area (Å²) < 4.78 is 10.8. The van der Waals surface area contributed by atoms with Crippen LogP contribution >= 0.6 is 11.6 Å². The van der Waals surface area contributed by atoms with Gasteiger partial charge < -0.3 is 19.7 Å². The molecule has 5 rings (SSSR count). The van der Waals surface area contributed by atoms with Gasteiger partial charge in [0.05, 0.1) is 18.4 Å². The number of nitrogens with one attached hydrogen (secondary N) is 1. The van der Waals surface area contributed by atoms with E-state index in [0.29, 0.717) is 29.5 Å². The quantitative estimate of drug-likeness (QED) is 0.578. The number of carbonyl (C=O) groups is 1. The Bertz CT molecular complexity index is 1210. The van der Waals surface area contributed by atoms with Crippen molar-refractivity contribution in [2.45, 2.75) is 31.6 Å². The maximum atomic E-state index is 13.5. The van der Waals surface area contributed by atoms with E-state index >= 15 is 0 Å². The van der Waals surface area contributed by atoms with Gasteiger partial charge in [-0.15, -0.1) is 0 Å². The Morgan fingerprint density at radius 2 is 1.90 bits per heavy atom. The molecule has 2 aromatic carbocycles. The summed E-state index contributed by atoms with van der Waals surface area (Å²) in [7, 11) is 1.51. The van der Waals surface area contributed by atoms with E-state index < -0.39 is 0 Å². The summed E-state index contributed by atoms with van der Waals surface area (Å²) in [5, 5.41) is 18.0. The number of ketones is 1. The summed E-state index contributed by atoms with van der Waals surface area (Å²) in [6, 6.07) is 12.8. The largest absolute Gasteiger partial charge is 0.504 e. The van der Waals surface area contributed by atoms with E-state index in [4.69, 9.17) is 20.9 Å². The second-order valence-corrected chi connectivity index (χ2v) is 8.41. The van der Waals surface area contributed by atoms with E-state index in [0.717, 1.165) is 33.7 Å². The predicted octanol–water partition coefficient (Wildman–Crippen LogP) is 5.31. The molecule has 1 aromatic heterocycles. The lowest BCUT2D eigenvalue weighted by atomic mass is 9.72. The van der Waals surface area contributed by atoms with Gasteiger partial charge in [0.1, 0.15) is 0 Å². The van der Waals surface area contributed by atoms with Crippen LogP contribution in [0.3, 0.4) is 0 Å². The van der Waals surface area contributed by atoms with Gasteiger partial charge in [0.2, 0.25) is 5.88 Å². The van der Waals surface area contributed by atoms with Gasteiger partial charge in [-0.25, -0.2) is 0 Å². The Kier molecular flexibility index (Phi) is 4.74. The third kappa shape index (κ3) is 3.27. The molecule has 0 fully saturated rings. The van der Waals surface area contributed by atoms with Crippen molar-refractivity contribution in [3.8, 4) is 11.5 Å². The average Bonchev–Trinajstić information content (AvgIpc) is 3.13. The van der Waals surface area contributed by atoms with Crippen LogP contribution in [0.1, 0.15) is 47.1 Å². The van der Waals surface area contributed by atoms with Gasteiger partial charge in [-0.05, 0) is 54.7 Å². The van der Waals surface area contributed by atoms with Crippen LogP contribution < -0.4 is 10.1 Å². The fourth-order valence-corrected chi connectivity index (χ4v) is 4.77. The summed E-state index contributed by atoms with van der Waals surface area (Å²) in [4.78, 5) is 13.5. The fourth-order valence-electron chi connectivity index (χ4n) is 4.64. The molecule has 2 aliphatic rings. The maximum absolute atomic E-state index is 13.5. The van der Waals surface area contributed by atoms with E-state index in [9.17, 15) is 9.90 Å². The van der Waals surface area contributed by atoms with Crippen molar-refractivity contribution in [2.24, 2.45) is 0 Å². The number of aromatic nitrogens is 1. The van der Waals surface area contributed by atoms with Crippen LogP contribution in [0.5, 0.6) is 11.5 Å². The molecule has 3 aromatic rings. The molecule has 2 N–H and O–H groups in total. The number of nitrogens with zero attached hydrogens (tertiary/aromatic N) is 1. The molecule has 2 heterocycles. The Morgan fingerprint density at radius 3 is 2.65 bits per heavy atom. The van der Waals surface area contributed by atoms with Gasteiger partial charge >= 0.3 is 0 Å². The standard InChI is InChI=1S/C24H21ClN2O4/c1-12-21-22(13-3-6-16(25)7-4-13)23-17(26-24(21)31-27-12)9-15(10-19(23)29)14-5-8-18(28)20(11-14)30-2/h3-8,11,15,22,26,28H,9-10H2,1-2H3. The lowest BCUT2D eigenvalue weighted by molar-refractivity contribution is -0.116. The van der Waals surface area contributed by atoms with Crippen molar-refractivity contribution in [3.05, 3.63) is 81.1 Å². The van der Waals surface area contributed by atoms with E-state index in [1.54, 1.807) is 12.1 Å². The minimum atomic E-state index is -0.252. The minimum Gasteiger partial charge on any atom is -0.504 e. The van der Waals surface area contributed by atoms with Crippen LogP contribution in [0.15, 0.2) is 58.3 Å². The minimum absolute atomic E-state index is 0.0373. The Hall–Kier alpha value is -3.25. The first-order chi connectivity index (χ1) is 15.0. The molecular formula is C24H21ClN2O4. The average molecular weight is 437 g/mol. The van der Waals surface area contributed by atoms with Gasteiger partial charge in [-0.2, -0.15) is 0 Å². The number of ether oxygens (including phenoxy) is 1. The number of hydrogen-bond acceptors (Lipinski definition) is 6. The number of phenolic OH excluding ortho intramolecular Hbond substituents is 1. The highest BCUT2D eigenvalue weighted by atomic mass is 35.5. The van der Waals surface area contributed by atoms with Crippen LogP contribution in [0, 0.1) is 6.92 Å². The smallest absolute Gasteiger partial charge is 0.233 e. The molecule has 2 unspecified atom stereocenters. The second kappa shape index (κ2) is 7.46. The molecule has 0 saturated carbocycles.